The normalized spacial score (nSPS) is 15.0. The highest BCUT2D eigenvalue weighted by atomic mass is 19.4. The fraction of sp³-hybridized carbons (Fsp3) is 0.200. The van der Waals surface area contributed by atoms with Crippen molar-refractivity contribution in [3.63, 3.8) is 0 Å². The molecule has 17 heavy (non-hydrogen) atoms. The van der Waals surface area contributed by atoms with Crippen LogP contribution in [0.3, 0.4) is 0 Å². The number of amides is 2. The van der Waals surface area contributed by atoms with Crippen LogP contribution >= 0.6 is 0 Å². The van der Waals surface area contributed by atoms with E-state index < -0.39 is 23.7 Å². The number of carboxylic acid groups (broad SMARTS) is 1. The van der Waals surface area contributed by atoms with Gasteiger partial charge in [0, 0.05) is 0 Å². The third-order valence-corrected chi connectivity index (χ3v) is 2.44. The highest BCUT2D eigenvalue weighted by molar-refractivity contribution is 6.16. The average Bonchev–Trinajstić information content (AvgIpc) is 2.50. The van der Waals surface area contributed by atoms with Gasteiger partial charge in [-0.25, -0.2) is 9.69 Å². The summed E-state index contributed by atoms with van der Waals surface area (Å²) >= 11 is 0. The van der Waals surface area contributed by atoms with Crippen LogP contribution in [0.25, 0.3) is 0 Å². The summed E-state index contributed by atoms with van der Waals surface area (Å²) in [5.74, 6) is -0.744. The number of imide groups is 1. The standard InChI is InChI=1S/C10H6F3NO3/c11-10(12,13)6-2-1-5-3-8(15)14(9(16)17)7(5)4-6/h1-2,4H,3H2,(H,16,17). The third kappa shape index (κ3) is 1.83. The first kappa shape index (κ1) is 11.4. The predicted octanol–water partition coefficient (Wildman–Crippen LogP) is 2.27. The van der Waals surface area contributed by atoms with Crippen molar-refractivity contribution in [3.8, 4) is 0 Å². The summed E-state index contributed by atoms with van der Waals surface area (Å²) in [6, 6.07) is 2.63. The van der Waals surface area contributed by atoms with E-state index in [2.05, 4.69) is 0 Å². The van der Waals surface area contributed by atoms with Gasteiger partial charge in [-0.2, -0.15) is 13.2 Å². The molecule has 0 aliphatic carbocycles. The van der Waals surface area contributed by atoms with E-state index in [-0.39, 0.29) is 17.7 Å². The van der Waals surface area contributed by atoms with Crippen LogP contribution in [0.15, 0.2) is 18.2 Å². The zero-order valence-electron chi connectivity index (χ0n) is 8.28. The van der Waals surface area contributed by atoms with Crippen LogP contribution in [0.2, 0.25) is 0 Å². The summed E-state index contributed by atoms with van der Waals surface area (Å²) in [5.41, 5.74) is -0.903. The Labute approximate surface area is 93.3 Å². The number of alkyl halides is 3. The Kier molecular flexibility index (Phi) is 2.34. The maximum absolute atomic E-state index is 12.4. The lowest BCUT2D eigenvalue weighted by Gasteiger charge is -2.13. The molecule has 1 aromatic carbocycles. The van der Waals surface area contributed by atoms with Crippen molar-refractivity contribution in [2.75, 3.05) is 4.90 Å². The first-order chi connectivity index (χ1) is 7.80. The van der Waals surface area contributed by atoms with E-state index in [1.165, 1.54) is 0 Å². The van der Waals surface area contributed by atoms with Crippen LogP contribution in [-0.4, -0.2) is 17.1 Å². The summed E-state index contributed by atoms with van der Waals surface area (Å²) in [4.78, 5) is 22.4. The Bertz CT molecular complexity index is 510. The van der Waals surface area contributed by atoms with Crippen molar-refractivity contribution in [1.82, 2.24) is 0 Å². The molecule has 0 atom stereocenters. The molecule has 0 spiro atoms. The van der Waals surface area contributed by atoms with Crippen LogP contribution < -0.4 is 4.90 Å². The number of hydrogen-bond acceptors (Lipinski definition) is 2. The molecule has 2 rings (SSSR count). The molecule has 0 saturated heterocycles. The quantitative estimate of drug-likeness (QED) is 0.762. The van der Waals surface area contributed by atoms with Crippen LogP contribution in [0.1, 0.15) is 11.1 Å². The van der Waals surface area contributed by atoms with Gasteiger partial charge in [-0.1, -0.05) is 6.07 Å². The molecule has 0 unspecified atom stereocenters. The predicted molar refractivity (Wildman–Crippen MR) is 50.7 cm³/mol. The number of carbonyl (C=O) groups excluding carboxylic acids is 1. The van der Waals surface area contributed by atoms with Crippen molar-refractivity contribution >= 4 is 17.7 Å². The summed E-state index contributed by atoms with van der Waals surface area (Å²) in [7, 11) is 0. The molecule has 90 valence electrons. The highest BCUT2D eigenvalue weighted by Gasteiger charge is 2.36. The molecular formula is C10H6F3NO3. The number of benzene rings is 1. The zero-order chi connectivity index (χ0) is 12.8. The lowest BCUT2D eigenvalue weighted by atomic mass is 10.1. The largest absolute Gasteiger partial charge is 0.464 e. The van der Waals surface area contributed by atoms with Crippen LogP contribution in [0.4, 0.5) is 23.7 Å². The van der Waals surface area contributed by atoms with Gasteiger partial charge in [-0.15, -0.1) is 0 Å². The molecular weight excluding hydrogens is 239 g/mol. The fourth-order valence-electron chi connectivity index (χ4n) is 1.68. The molecule has 0 fully saturated rings. The van der Waals surface area contributed by atoms with Crippen molar-refractivity contribution in [2.24, 2.45) is 0 Å². The Hall–Kier alpha value is -2.05. The minimum atomic E-state index is -4.56. The van der Waals surface area contributed by atoms with E-state index in [1.807, 2.05) is 0 Å². The van der Waals surface area contributed by atoms with Crippen LogP contribution in [0, 0.1) is 0 Å². The number of halogens is 3. The zero-order valence-corrected chi connectivity index (χ0v) is 8.28. The molecule has 1 aliphatic heterocycles. The molecule has 7 heteroatoms. The van der Waals surface area contributed by atoms with E-state index in [0.717, 1.165) is 12.1 Å². The third-order valence-electron chi connectivity index (χ3n) is 2.44. The Morgan fingerprint density at radius 2 is 2.00 bits per heavy atom. The van der Waals surface area contributed by atoms with Crippen molar-refractivity contribution in [3.05, 3.63) is 29.3 Å². The van der Waals surface area contributed by atoms with Gasteiger partial charge in [0.25, 0.3) is 0 Å². The Morgan fingerprint density at radius 1 is 1.35 bits per heavy atom. The van der Waals surface area contributed by atoms with Gasteiger partial charge in [0.05, 0.1) is 17.7 Å². The fourth-order valence-corrected chi connectivity index (χ4v) is 1.68. The van der Waals surface area contributed by atoms with Crippen LogP contribution in [0.5, 0.6) is 0 Å². The number of rotatable bonds is 0. The van der Waals surface area contributed by atoms with Crippen molar-refractivity contribution in [2.45, 2.75) is 12.6 Å². The summed E-state index contributed by atoms with van der Waals surface area (Å²) in [5, 5.41) is 8.75. The van der Waals surface area contributed by atoms with Gasteiger partial charge in [-0.3, -0.25) is 4.79 Å². The highest BCUT2D eigenvalue weighted by Crippen LogP contribution is 2.36. The Morgan fingerprint density at radius 3 is 2.53 bits per heavy atom. The number of anilines is 1. The maximum Gasteiger partial charge on any atom is 0.418 e. The number of carbonyl (C=O) groups is 2. The van der Waals surface area contributed by atoms with Gasteiger partial charge in [0.1, 0.15) is 0 Å². The number of nitrogens with zero attached hydrogens (tertiary/aromatic N) is 1. The van der Waals surface area contributed by atoms with Gasteiger partial charge in [-0.05, 0) is 17.7 Å². The van der Waals surface area contributed by atoms with Crippen LogP contribution in [-0.2, 0) is 17.4 Å². The Balaban J connectivity index is 2.53. The molecule has 1 N–H and O–H groups in total. The van der Waals surface area contributed by atoms with E-state index in [9.17, 15) is 22.8 Å². The molecule has 1 aliphatic rings. The summed E-state index contributed by atoms with van der Waals surface area (Å²) < 4.78 is 37.3. The van der Waals surface area contributed by atoms with Gasteiger partial charge < -0.3 is 5.11 Å². The van der Waals surface area contributed by atoms with E-state index in [1.54, 1.807) is 0 Å². The average molecular weight is 245 g/mol. The SMILES string of the molecule is O=C(O)N1C(=O)Cc2ccc(C(F)(F)F)cc21. The molecule has 1 aromatic rings. The lowest BCUT2D eigenvalue weighted by molar-refractivity contribution is -0.137. The number of hydrogen-bond donors (Lipinski definition) is 1. The molecule has 0 aromatic heterocycles. The molecule has 4 nitrogen and oxygen atoms in total. The molecule has 0 radical (unpaired) electrons. The van der Waals surface area contributed by atoms with E-state index in [4.69, 9.17) is 5.11 Å². The van der Waals surface area contributed by atoms with Gasteiger partial charge in [0.15, 0.2) is 0 Å². The molecule has 1 heterocycles. The maximum atomic E-state index is 12.4. The van der Waals surface area contributed by atoms with Gasteiger partial charge >= 0.3 is 12.3 Å². The summed E-state index contributed by atoms with van der Waals surface area (Å²) in [6.07, 6.45) is -6.34. The topological polar surface area (TPSA) is 57.6 Å². The second kappa shape index (κ2) is 3.47. The first-order valence-electron chi connectivity index (χ1n) is 4.56. The summed E-state index contributed by atoms with van der Waals surface area (Å²) in [6.45, 7) is 0. The van der Waals surface area contributed by atoms with Crippen molar-refractivity contribution in [1.29, 1.82) is 0 Å². The smallest absolute Gasteiger partial charge is 0.418 e. The second-order valence-corrected chi connectivity index (χ2v) is 3.53. The molecule has 2 amide bonds. The van der Waals surface area contributed by atoms with E-state index >= 15 is 0 Å². The second-order valence-electron chi connectivity index (χ2n) is 3.53. The molecule has 0 bridgehead atoms. The number of fused-ring (bicyclic) bond motifs is 1. The van der Waals surface area contributed by atoms with E-state index in [0.29, 0.717) is 11.0 Å². The van der Waals surface area contributed by atoms with Gasteiger partial charge in [0.2, 0.25) is 5.91 Å². The minimum absolute atomic E-state index is 0.195. The monoisotopic (exact) mass is 245 g/mol. The van der Waals surface area contributed by atoms with Crippen molar-refractivity contribution < 1.29 is 27.9 Å². The molecule has 0 saturated carbocycles. The first-order valence-corrected chi connectivity index (χ1v) is 4.56. The minimum Gasteiger partial charge on any atom is -0.464 e. The lowest BCUT2D eigenvalue weighted by Crippen LogP contribution is -2.32.